The fourth-order valence-electron chi connectivity index (χ4n) is 1.80. The molecule has 0 unspecified atom stereocenters. The van der Waals surface area contributed by atoms with Crippen molar-refractivity contribution in [1.82, 2.24) is 5.32 Å². The second-order valence-corrected chi connectivity index (χ2v) is 5.09. The third kappa shape index (κ3) is 3.09. The highest BCUT2D eigenvalue weighted by Gasteiger charge is 2.21. The molecule has 0 atom stereocenters. The maximum Gasteiger partial charge on any atom is 0.217 e. The molecular weight excluding hydrogens is 198 g/mol. The highest BCUT2D eigenvalue weighted by molar-refractivity contribution is 5.74. The Morgan fingerprint density at radius 3 is 2.44 bits per heavy atom. The van der Waals surface area contributed by atoms with Crippen LogP contribution in [0.25, 0.3) is 0 Å². The molecule has 0 radical (unpaired) electrons. The lowest BCUT2D eigenvalue weighted by Crippen LogP contribution is -2.39. The normalized spacial score (nSPS) is 11.6. The van der Waals surface area contributed by atoms with Crippen molar-refractivity contribution in [2.24, 2.45) is 0 Å². The first kappa shape index (κ1) is 12.8. The Morgan fingerprint density at radius 2 is 1.94 bits per heavy atom. The summed E-state index contributed by atoms with van der Waals surface area (Å²) in [7, 11) is 0. The number of rotatable bonds is 3. The molecule has 0 spiro atoms. The minimum atomic E-state index is -0.309. The van der Waals surface area contributed by atoms with Crippen LogP contribution in [0.3, 0.4) is 0 Å². The maximum atomic E-state index is 11.1. The predicted molar refractivity (Wildman–Crippen MR) is 67.4 cm³/mol. The summed E-state index contributed by atoms with van der Waals surface area (Å²) in [4.78, 5) is 11.1. The molecule has 1 aromatic rings. The Hall–Kier alpha value is -1.31. The Kier molecular flexibility index (Phi) is 3.74. The lowest BCUT2D eigenvalue weighted by molar-refractivity contribution is -0.120. The van der Waals surface area contributed by atoms with E-state index >= 15 is 0 Å². The van der Waals surface area contributed by atoms with Gasteiger partial charge in [0, 0.05) is 6.92 Å². The van der Waals surface area contributed by atoms with E-state index < -0.39 is 0 Å². The van der Waals surface area contributed by atoms with Crippen LogP contribution in [0.15, 0.2) is 24.3 Å². The van der Waals surface area contributed by atoms with E-state index in [1.165, 1.54) is 5.56 Å². The van der Waals surface area contributed by atoms with Crippen LogP contribution in [-0.2, 0) is 10.3 Å². The molecule has 1 aromatic carbocycles. The number of benzene rings is 1. The van der Waals surface area contributed by atoms with Crippen molar-refractivity contribution in [3.8, 4) is 0 Å². The van der Waals surface area contributed by atoms with Crippen molar-refractivity contribution >= 4 is 5.91 Å². The van der Waals surface area contributed by atoms with Gasteiger partial charge in [-0.3, -0.25) is 4.79 Å². The van der Waals surface area contributed by atoms with Crippen LogP contribution in [0.5, 0.6) is 0 Å². The molecule has 0 saturated carbocycles. The minimum Gasteiger partial charge on any atom is -0.347 e. The van der Waals surface area contributed by atoms with Gasteiger partial charge in [-0.2, -0.15) is 0 Å². The molecule has 1 N–H and O–H groups in total. The van der Waals surface area contributed by atoms with Crippen molar-refractivity contribution in [2.45, 2.75) is 46.1 Å². The molecule has 0 fully saturated rings. The van der Waals surface area contributed by atoms with Crippen LogP contribution >= 0.6 is 0 Å². The summed E-state index contributed by atoms with van der Waals surface area (Å²) in [5, 5.41) is 2.96. The van der Waals surface area contributed by atoms with Gasteiger partial charge in [0.15, 0.2) is 0 Å². The highest BCUT2D eigenvalue weighted by Crippen LogP contribution is 2.24. The van der Waals surface area contributed by atoms with Crippen LogP contribution in [-0.4, -0.2) is 5.91 Å². The third-order valence-corrected chi connectivity index (χ3v) is 2.76. The van der Waals surface area contributed by atoms with Crippen molar-refractivity contribution in [1.29, 1.82) is 0 Å². The van der Waals surface area contributed by atoms with E-state index in [0.717, 1.165) is 5.56 Å². The number of hydrogen-bond acceptors (Lipinski definition) is 1. The predicted octanol–water partition coefficient (Wildman–Crippen LogP) is 3.18. The average Bonchev–Trinajstić information content (AvgIpc) is 2.16. The monoisotopic (exact) mass is 219 g/mol. The largest absolute Gasteiger partial charge is 0.347 e. The molecule has 1 rings (SSSR count). The minimum absolute atomic E-state index is 0.0000463. The van der Waals surface area contributed by atoms with E-state index in [2.05, 4.69) is 37.4 Å². The Balaban J connectivity index is 3.03. The second kappa shape index (κ2) is 4.69. The van der Waals surface area contributed by atoms with Gasteiger partial charge in [0.25, 0.3) is 0 Å². The van der Waals surface area contributed by atoms with Crippen molar-refractivity contribution in [3.05, 3.63) is 35.4 Å². The zero-order chi connectivity index (χ0) is 12.3. The molecular formula is C14H21NO. The molecule has 0 bridgehead atoms. The molecule has 0 aliphatic heterocycles. The van der Waals surface area contributed by atoms with Gasteiger partial charge in [-0.1, -0.05) is 38.1 Å². The van der Waals surface area contributed by atoms with Crippen molar-refractivity contribution < 1.29 is 4.79 Å². The first-order chi connectivity index (χ1) is 7.33. The topological polar surface area (TPSA) is 29.1 Å². The van der Waals surface area contributed by atoms with Gasteiger partial charge >= 0.3 is 0 Å². The second-order valence-electron chi connectivity index (χ2n) is 5.09. The van der Waals surface area contributed by atoms with E-state index in [1.54, 1.807) is 6.92 Å². The van der Waals surface area contributed by atoms with Gasteiger partial charge in [0.05, 0.1) is 5.54 Å². The summed E-state index contributed by atoms with van der Waals surface area (Å²) in [6, 6.07) is 8.40. The molecule has 16 heavy (non-hydrogen) atoms. The molecule has 0 heterocycles. The Bertz CT molecular complexity index is 380. The third-order valence-electron chi connectivity index (χ3n) is 2.76. The van der Waals surface area contributed by atoms with E-state index in [1.807, 2.05) is 19.9 Å². The maximum absolute atomic E-state index is 11.1. The van der Waals surface area contributed by atoms with Crippen LogP contribution < -0.4 is 5.32 Å². The molecule has 2 heteroatoms. The average molecular weight is 219 g/mol. The Labute approximate surface area is 98.1 Å². The van der Waals surface area contributed by atoms with Crippen molar-refractivity contribution in [2.75, 3.05) is 0 Å². The number of hydrogen-bond donors (Lipinski definition) is 1. The quantitative estimate of drug-likeness (QED) is 0.831. The summed E-state index contributed by atoms with van der Waals surface area (Å²) in [6.07, 6.45) is 0. The standard InChI is InChI=1S/C14H21NO/c1-10(2)12-7-6-8-13(9-12)14(4,5)15-11(3)16/h6-10H,1-5H3,(H,15,16). The van der Waals surface area contributed by atoms with Crippen molar-refractivity contribution in [3.63, 3.8) is 0 Å². The van der Waals surface area contributed by atoms with Gasteiger partial charge < -0.3 is 5.32 Å². The van der Waals surface area contributed by atoms with Crippen LogP contribution in [0.4, 0.5) is 0 Å². The lowest BCUT2D eigenvalue weighted by Gasteiger charge is -2.27. The summed E-state index contributed by atoms with van der Waals surface area (Å²) in [6.45, 7) is 9.94. The van der Waals surface area contributed by atoms with Gasteiger partial charge in [0.1, 0.15) is 0 Å². The zero-order valence-corrected chi connectivity index (χ0v) is 10.8. The molecule has 0 aromatic heterocycles. The fourth-order valence-corrected chi connectivity index (χ4v) is 1.80. The molecule has 0 aliphatic carbocycles. The van der Waals surface area contributed by atoms with E-state index in [4.69, 9.17) is 0 Å². The van der Waals surface area contributed by atoms with Gasteiger partial charge in [-0.15, -0.1) is 0 Å². The number of nitrogens with one attached hydrogen (secondary N) is 1. The number of carbonyl (C=O) groups is 1. The van der Waals surface area contributed by atoms with E-state index in [-0.39, 0.29) is 11.4 Å². The Morgan fingerprint density at radius 1 is 1.31 bits per heavy atom. The van der Waals surface area contributed by atoms with Gasteiger partial charge in [-0.25, -0.2) is 0 Å². The molecule has 1 amide bonds. The summed E-state index contributed by atoms with van der Waals surface area (Å²) in [5.41, 5.74) is 2.14. The lowest BCUT2D eigenvalue weighted by atomic mass is 9.90. The summed E-state index contributed by atoms with van der Waals surface area (Å²) in [5.74, 6) is 0.507. The number of amides is 1. The van der Waals surface area contributed by atoms with Crippen LogP contribution in [0, 0.1) is 0 Å². The van der Waals surface area contributed by atoms with Crippen LogP contribution in [0.1, 0.15) is 51.7 Å². The molecule has 88 valence electrons. The molecule has 0 saturated heterocycles. The smallest absolute Gasteiger partial charge is 0.217 e. The van der Waals surface area contributed by atoms with E-state index in [0.29, 0.717) is 5.92 Å². The fraction of sp³-hybridized carbons (Fsp3) is 0.500. The summed E-state index contributed by atoms with van der Waals surface area (Å²) >= 11 is 0. The summed E-state index contributed by atoms with van der Waals surface area (Å²) < 4.78 is 0. The van der Waals surface area contributed by atoms with Gasteiger partial charge in [0.2, 0.25) is 5.91 Å². The van der Waals surface area contributed by atoms with Gasteiger partial charge in [-0.05, 0) is 30.9 Å². The molecule has 0 aliphatic rings. The number of carbonyl (C=O) groups excluding carboxylic acids is 1. The first-order valence-electron chi connectivity index (χ1n) is 5.72. The SMILES string of the molecule is CC(=O)NC(C)(C)c1cccc(C(C)C)c1. The van der Waals surface area contributed by atoms with Crippen LogP contribution in [0.2, 0.25) is 0 Å². The first-order valence-corrected chi connectivity index (χ1v) is 5.72. The highest BCUT2D eigenvalue weighted by atomic mass is 16.1. The van der Waals surface area contributed by atoms with E-state index in [9.17, 15) is 4.79 Å². The zero-order valence-electron chi connectivity index (χ0n) is 10.8. The molecule has 2 nitrogen and oxygen atoms in total.